The van der Waals surface area contributed by atoms with Crippen LogP contribution in [-0.4, -0.2) is 17.1 Å². The number of nitrogens with zero attached hydrogens (tertiary/aromatic N) is 2. The maximum absolute atomic E-state index is 13.8. The Balaban J connectivity index is 1.87. The first-order valence-corrected chi connectivity index (χ1v) is 7.53. The first-order valence-electron chi connectivity index (χ1n) is 7.53. The molecule has 1 heterocycles. The first kappa shape index (κ1) is 16.6. The molecule has 0 amide bonds. The molecule has 0 unspecified atom stereocenters. The zero-order chi connectivity index (χ0) is 17.8. The maximum Gasteiger partial charge on any atom is 0.229 e. The Labute approximate surface area is 143 Å². The highest BCUT2D eigenvalue weighted by Gasteiger charge is 2.09. The second kappa shape index (κ2) is 7.12. The van der Waals surface area contributed by atoms with Gasteiger partial charge in [0.05, 0.1) is 18.5 Å². The summed E-state index contributed by atoms with van der Waals surface area (Å²) >= 11 is 0. The lowest BCUT2D eigenvalue weighted by Crippen LogP contribution is -2.04. The van der Waals surface area contributed by atoms with E-state index < -0.39 is 11.6 Å². The Morgan fingerprint density at radius 3 is 2.48 bits per heavy atom. The van der Waals surface area contributed by atoms with Crippen LogP contribution in [0.2, 0.25) is 0 Å². The molecule has 0 atom stereocenters. The van der Waals surface area contributed by atoms with Crippen LogP contribution in [0.4, 0.5) is 31.9 Å². The molecule has 0 bridgehead atoms. The molecule has 0 spiro atoms. The normalized spacial score (nSPS) is 10.4. The molecule has 25 heavy (non-hydrogen) atoms. The Bertz CT molecular complexity index is 902. The summed E-state index contributed by atoms with van der Waals surface area (Å²) in [5, 5.41) is 5.90. The third-order valence-corrected chi connectivity index (χ3v) is 3.40. The van der Waals surface area contributed by atoms with E-state index in [1.54, 1.807) is 20.1 Å². The molecule has 128 valence electrons. The van der Waals surface area contributed by atoms with Crippen molar-refractivity contribution in [3.63, 3.8) is 0 Å². The molecule has 5 nitrogen and oxygen atoms in total. The predicted octanol–water partition coefficient (Wildman–Crippen LogP) is 4.56. The van der Waals surface area contributed by atoms with Gasteiger partial charge in [-0.3, -0.25) is 0 Å². The van der Waals surface area contributed by atoms with Gasteiger partial charge in [-0.1, -0.05) is 12.1 Å². The Morgan fingerprint density at radius 2 is 1.72 bits per heavy atom. The van der Waals surface area contributed by atoms with Crippen LogP contribution in [0, 0.1) is 18.6 Å². The maximum atomic E-state index is 13.8. The summed E-state index contributed by atoms with van der Waals surface area (Å²) in [4.78, 5) is 8.62. The van der Waals surface area contributed by atoms with E-state index in [-0.39, 0.29) is 5.69 Å². The minimum atomic E-state index is -0.699. The quantitative estimate of drug-likeness (QED) is 0.712. The van der Waals surface area contributed by atoms with E-state index >= 15 is 0 Å². The van der Waals surface area contributed by atoms with Gasteiger partial charge in [0.25, 0.3) is 0 Å². The lowest BCUT2D eigenvalue weighted by Gasteiger charge is -2.12. The molecule has 7 heteroatoms. The van der Waals surface area contributed by atoms with Crippen LogP contribution < -0.4 is 15.4 Å². The zero-order valence-corrected chi connectivity index (χ0v) is 13.7. The molecule has 1 aromatic heterocycles. The largest absolute Gasteiger partial charge is 0.495 e. The van der Waals surface area contributed by atoms with Crippen molar-refractivity contribution >= 4 is 23.1 Å². The monoisotopic (exact) mass is 342 g/mol. The number of para-hydroxylation sites is 2. The number of hydrogen-bond acceptors (Lipinski definition) is 5. The summed E-state index contributed by atoms with van der Waals surface area (Å²) in [5.41, 5.74) is 1.51. The van der Waals surface area contributed by atoms with Crippen LogP contribution in [0.5, 0.6) is 5.75 Å². The van der Waals surface area contributed by atoms with Crippen LogP contribution >= 0.6 is 0 Å². The van der Waals surface area contributed by atoms with Gasteiger partial charge in [-0.15, -0.1) is 0 Å². The highest BCUT2D eigenvalue weighted by atomic mass is 19.1. The average molecular weight is 342 g/mol. The number of hydrogen-bond donors (Lipinski definition) is 2. The van der Waals surface area contributed by atoms with E-state index in [0.717, 1.165) is 6.07 Å². The standard InChI is InChI=1S/C18H16F2N4O/c1-11-9-17(22-14-8-7-12(19)10-13(14)20)24-18(21-11)23-15-5-3-4-6-16(15)25-2/h3-10H,1-2H3,(H2,21,22,23,24). The summed E-state index contributed by atoms with van der Waals surface area (Å²) < 4.78 is 32.1. The Kier molecular flexibility index (Phi) is 4.74. The molecule has 3 rings (SSSR count). The van der Waals surface area contributed by atoms with Crippen molar-refractivity contribution in [2.75, 3.05) is 17.7 Å². The predicted molar refractivity (Wildman–Crippen MR) is 92.7 cm³/mol. The number of benzene rings is 2. The minimum absolute atomic E-state index is 0.128. The SMILES string of the molecule is COc1ccccc1Nc1nc(C)cc(Nc2ccc(F)cc2F)n1. The number of aromatic nitrogens is 2. The Morgan fingerprint density at radius 1 is 0.920 bits per heavy atom. The topological polar surface area (TPSA) is 59.1 Å². The fraction of sp³-hybridized carbons (Fsp3) is 0.111. The summed E-state index contributed by atoms with van der Waals surface area (Å²) in [6, 6.07) is 12.3. The van der Waals surface area contributed by atoms with E-state index in [9.17, 15) is 8.78 Å². The number of nitrogens with one attached hydrogen (secondary N) is 2. The lowest BCUT2D eigenvalue weighted by molar-refractivity contribution is 0.417. The molecule has 2 N–H and O–H groups in total. The third-order valence-electron chi connectivity index (χ3n) is 3.40. The van der Waals surface area contributed by atoms with Crippen molar-refractivity contribution in [1.29, 1.82) is 0 Å². The molecule has 0 fully saturated rings. The van der Waals surface area contributed by atoms with Gasteiger partial charge in [0, 0.05) is 17.8 Å². The summed E-state index contributed by atoms with van der Waals surface area (Å²) in [6.45, 7) is 1.79. The molecule has 0 saturated heterocycles. The van der Waals surface area contributed by atoms with Crippen LogP contribution in [0.3, 0.4) is 0 Å². The van der Waals surface area contributed by atoms with Gasteiger partial charge in [0.15, 0.2) is 0 Å². The minimum Gasteiger partial charge on any atom is -0.495 e. The molecule has 0 aliphatic rings. The van der Waals surface area contributed by atoms with Gasteiger partial charge in [0.2, 0.25) is 5.95 Å². The van der Waals surface area contributed by atoms with Gasteiger partial charge in [-0.25, -0.2) is 13.8 Å². The smallest absolute Gasteiger partial charge is 0.229 e. The van der Waals surface area contributed by atoms with Crippen LogP contribution in [0.1, 0.15) is 5.69 Å². The van der Waals surface area contributed by atoms with Crippen molar-refractivity contribution in [3.05, 3.63) is 65.9 Å². The van der Waals surface area contributed by atoms with Gasteiger partial charge in [0.1, 0.15) is 23.2 Å². The summed E-state index contributed by atoms with van der Waals surface area (Å²) in [6.07, 6.45) is 0. The van der Waals surface area contributed by atoms with Crippen molar-refractivity contribution < 1.29 is 13.5 Å². The van der Waals surface area contributed by atoms with E-state index in [1.807, 2.05) is 24.3 Å². The van der Waals surface area contributed by atoms with Crippen molar-refractivity contribution in [2.24, 2.45) is 0 Å². The number of halogens is 2. The molecule has 3 aromatic rings. The van der Waals surface area contributed by atoms with E-state index in [1.165, 1.54) is 12.1 Å². The van der Waals surface area contributed by atoms with Crippen LogP contribution in [0.25, 0.3) is 0 Å². The number of ether oxygens (including phenoxy) is 1. The highest BCUT2D eigenvalue weighted by Crippen LogP contribution is 2.27. The molecule has 0 aliphatic carbocycles. The van der Waals surface area contributed by atoms with Crippen molar-refractivity contribution in [1.82, 2.24) is 9.97 Å². The molecular formula is C18H16F2N4O. The summed E-state index contributed by atoms with van der Waals surface area (Å²) in [7, 11) is 1.57. The number of rotatable bonds is 5. The van der Waals surface area contributed by atoms with Gasteiger partial charge in [-0.05, 0) is 31.2 Å². The van der Waals surface area contributed by atoms with E-state index in [2.05, 4.69) is 20.6 Å². The fourth-order valence-corrected chi connectivity index (χ4v) is 2.29. The average Bonchev–Trinajstić information content (AvgIpc) is 2.57. The Hall–Kier alpha value is -3.22. The second-order valence-electron chi connectivity index (χ2n) is 5.29. The molecule has 0 saturated carbocycles. The second-order valence-corrected chi connectivity index (χ2v) is 5.29. The van der Waals surface area contributed by atoms with Gasteiger partial charge < -0.3 is 15.4 Å². The highest BCUT2D eigenvalue weighted by molar-refractivity contribution is 5.64. The zero-order valence-electron chi connectivity index (χ0n) is 13.7. The molecule has 0 aliphatic heterocycles. The van der Waals surface area contributed by atoms with Crippen LogP contribution in [0.15, 0.2) is 48.5 Å². The number of aryl methyl sites for hydroxylation is 1. The summed E-state index contributed by atoms with van der Waals surface area (Å²) in [5.74, 6) is 0.0209. The number of methoxy groups -OCH3 is 1. The van der Waals surface area contributed by atoms with E-state index in [0.29, 0.717) is 28.9 Å². The fourth-order valence-electron chi connectivity index (χ4n) is 2.29. The van der Waals surface area contributed by atoms with Crippen LogP contribution in [-0.2, 0) is 0 Å². The van der Waals surface area contributed by atoms with Gasteiger partial charge >= 0.3 is 0 Å². The molecule has 0 radical (unpaired) electrons. The third kappa shape index (κ3) is 4.00. The molecular weight excluding hydrogens is 326 g/mol. The van der Waals surface area contributed by atoms with Crippen molar-refractivity contribution in [2.45, 2.75) is 6.92 Å². The number of anilines is 4. The van der Waals surface area contributed by atoms with Gasteiger partial charge in [-0.2, -0.15) is 4.98 Å². The first-order chi connectivity index (χ1) is 12.0. The lowest BCUT2D eigenvalue weighted by atomic mass is 10.3. The molecule has 2 aromatic carbocycles. The van der Waals surface area contributed by atoms with Crippen molar-refractivity contribution in [3.8, 4) is 5.75 Å². The van der Waals surface area contributed by atoms with E-state index in [4.69, 9.17) is 4.74 Å².